The Bertz CT molecular complexity index is 448. The molecule has 3 nitrogen and oxygen atoms in total. The number of alkyl halides is 3. The molecular formula is C13H15BrF3NO2. The molecule has 1 heterocycles. The van der Waals surface area contributed by atoms with Gasteiger partial charge in [0.2, 0.25) is 0 Å². The molecule has 0 amide bonds. The zero-order valence-electron chi connectivity index (χ0n) is 10.7. The molecule has 2 rings (SSSR count). The molecule has 1 fully saturated rings. The summed E-state index contributed by atoms with van der Waals surface area (Å²) in [6, 6.07) is 4.39. The number of anilines is 1. The van der Waals surface area contributed by atoms with Gasteiger partial charge in [0.15, 0.2) is 5.75 Å². The Balaban J connectivity index is 2.02. The van der Waals surface area contributed by atoms with E-state index in [-0.39, 0.29) is 5.75 Å². The summed E-state index contributed by atoms with van der Waals surface area (Å²) < 4.78 is 47.0. The summed E-state index contributed by atoms with van der Waals surface area (Å²) in [5, 5.41) is 3.04. The van der Waals surface area contributed by atoms with Gasteiger partial charge in [0, 0.05) is 24.2 Å². The molecule has 1 saturated heterocycles. The lowest BCUT2D eigenvalue weighted by Crippen LogP contribution is -2.23. The number of rotatable bonds is 4. The lowest BCUT2D eigenvalue weighted by Gasteiger charge is -2.23. The number of halogens is 4. The van der Waals surface area contributed by atoms with Crippen LogP contribution in [0.2, 0.25) is 0 Å². The van der Waals surface area contributed by atoms with Crippen molar-refractivity contribution in [3.8, 4) is 5.75 Å². The van der Waals surface area contributed by atoms with Crippen molar-refractivity contribution in [3.63, 3.8) is 0 Å². The van der Waals surface area contributed by atoms with E-state index in [0.717, 1.165) is 12.8 Å². The monoisotopic (exact) mass is 353 g/mol. The van der Waals surface area contributed by atoms with Gasteiger partial charge < -0.3 is 14.8 Å². The van der Waals surface area contributed by atoms with Crippen LogP contribution in [0.4, 0.5) is 18.9 Å². The Morgan fingerprint density at radius 2 is 2.00 bits per heavy atom. The highest BCUT2D eigenvalue weighted by Gasteiger charge is 2.32. The molecule has 1 aromatic carbocycles. The second-order valence-electron chi connectivity index (χ2n) is 4.62. The van der Waals surface area contributed by atoms with Gasteiger partial charge in [-0.15, -0.1) is 13.2 Å². The highest BCUT2D eigenvalue weighted by molar-refractivity contribution is 9.10. The standard InChI is InChI=1S/C13H15BrF3NO2/c14-10-1-2-12(20-13(15,16)17)11(7-10)18-8-9-3-5-19-6-4-9/h1-2,7,9,18H,3-6,8H2. The van der Waals surface area contributed by atoms with E-state index < -0.39 is 6.36 Å². The minimum absolute atomic E-state index is 0.215. The third-order valence-electron chi connectivity index (χ3n) is 3.09. The maximum atomic E-state index is 12.3. The molecule has 0 atom stereocenters. The van der Waals surface area contributed by atoms with E-state index in [1.165, 1.54) is 12.1 Å². The molecule has 1 aliphatic rings. The molecule has 20 heavy (non-hydrogen) atoms. The first-order chi connectivity index (χ1) is 9.44. The summed E-state index contributed by atoms with van der Waals surface area (Å²) in [7, 11) is 0. The van der Waals surface area contributed by atoms with Crippen LogP contribution in [0.15, 0.2) is 22.7 Å². The number of benzene rings is 1. The first kappa shape index (κ1) is 15.4. The van der Waals surface area contributed by atoms with Crippen LogP contribution in [-0.4, -0.2) is 26.1 Å². The van der Waals surface area contributed by atoms with Gasteiger partial charge in [-0.1, -0.05) is 15.9 Å². The first-order valence-electron chi connectivity index (χ1n) is 6.31. The Morgan fingerprint density at radius 3 is 2.65 bits per heavy atom. The van der Waals surface area contributed by atoms with Crippen LogP contribution in [0.1, 0.15) is 12.8 Å². The lowest BCUT2D eigenvalue weighted by molar-refractivity contribution is -0.274. The van der Waals surface area contributed by atoms with E-state index in [1.54, 1.807) is 6.07 Å². The average Bonchev–Trinajstić information content (AvgIpc) is 2.39. The molecule has 1 N–H and O–H groups in total. The highest BCUT2D eigenvalue weighted by atomic mass is 79.9. The van der Waals surface area contributed by atoms with E-state index in [1.807, 2.05) is 0 Å². The Labute approximate surface area is 123 Å². The molecular weight excluding hydrogens is 339 g/mol. The minimum atomic E-state index is -4.69. The van der Waals surface area contributed by atoms with Gasteiger partial charge in [-0.3, -0.25) is 0 Å². The van der Waals surface area contributed by atoms with Crippen molar-refractivity contribution >= 4 is 21.6 Å². The van der Waals surface area contributed by atoms with Gasteiger partial charge in [-0.05, 0) is 37.0 Å². The highest BCUT2D eigenvalue weighted by Crippen LogP contribution is 2.33. The Hall–Kier alpha value is -0.950. The molecule has 0 saturated carbocycles. The number of hydrogen-bond donors (Lipinski definition) is 1. The van der Waals surface area contributed by atoms with Crippen molar-refractivity contribution in [2.24, 2.45) is 5.92 Å². The molecule has 112 valence electrons. The topological polar surface area (TPSA) is 30.5 Å². The number of ether oxygens (including phenoxy) is 2. The van der Waals surface area contributed by atoms with Crippen molar-refractivity contribution in [2.45, 2.75) is 19.2 Å². The zero-order chi connectivity index (χ0) is 14.6. The van der Waals surface area contributed by atoms with E-state index in [0.29, 0.717) is 35.8 Å². The van der Waals surface area contributed by atoms with Gasteiger partial charge in [0.1, 0.15) is 0 Å². The van der Waals surface area contributed by atoms with Crippen molar-refractivity contribution in [1.82, 2.24) is 0 Å². The predicted molar refractivity (Wildman–Crippen MR) is 72.9 cm³/mol. The van der Waals surface area contributed by atoms with Crippen LogP contribution >= 0.6 is 15.9 Å². The van der Waals surface area contributed by atoms with Crippen LogP contribution in [0.5, 0.6) is 5.75 Å². The Kier molecular flexibility index (Phi) is 5.15. The minimum Gasteiger partial charge on any atom is -0.404 e. The molecule has 7 heteroatoms. The van der Waals surface area contributed by atoms with E-state index in [4.69, 9.17) is 4.74 Å². The summed E-state index contributed by atoms with van der Waals surface area (Å²) in [5.41, 5.74) is 0.336. The van der Waals surface area contributed by atoms with Gasteiger partial charge in [-0.25, -0.2) is 0 Å². The van der Waals surface area contributed by atoms with Crippen LogP contribution in [0.3, 0.4) is 0 Å². The van der Waals surface area contributed by atoms with Crippen LogP contribution in [-0.2, 0) is 4.74 Å². The fourth-order valence-electron chi connectivity index (χ4n) is 2.06. The third-order valence-corrected chi connectivity index (χ3v) is 3.58. The average molecular weight is 354 g/mol. The smallest absolute Gasteiger partial charge is 0.404 e. The normalized spacial score (nSPS) is 17.0. The second-order valence-corrected chi connectivity index (χ2v) is 5.54. The summed E-state index contributed by atoms with van der Waals surface area (Å²) in [4.78, 5) is 0. The fourth-order valence-corrected chi connectivity index (χ4v) is 2.42. The largest absolute Gasteiger partial charge is 0.573 e. The molecule has 1 aliphatic heterocycles. The second kappa shape index (κ2) is 6.67. The van der Waals surface area contributed by atoms with Crippen molar-refractivity contribution < 1.29 is 22.6 Å². The van der Waals surface area contributed by atoms with Gasteiger partial charge in [0.25, 0.3) is 0 Å². The summed E-state index contributed by atoms with van der Waals surface area (Å²) in [6.45, 7) is 2.02. The first-order valence-corrected chi connectivity index (χ1v) is 7.10. The zero-order valence-corrected chi connectivity index (χ0v) is 12.3. The van der Waals surface area contributed by atoms with Crippen LogP contribution in [0.25, 0.3) is 0 Å². The molecule has 0 unspecified atom stereocenters. The maximum Gasteiger partial charge on any atom is 0.573 e. The summed E-state index contributed by atoms with van der Waals surface area (Å²) in [6.07, 6.45) is -2.87. The van der Waals surface area contributed by atoms with Crippen LogP contribution < -0.4 is 10.1 Å². The van der Waals surface area contributed by atoms with E-state index in [2.05, 4.69) is 26.0 Å². The SMILES string of the molecule is FC(F)(F)Oc1ccc(Br)cc1NCC1CCOCC1. The molecule has 0 aromatic heterocycles. The third kappa shape index (κ3) is 4.86. The van der Waals surface area contributed by atoms with Crippen molar-refractivity contribution in [1.29, 1.82) is 0 Å². The van der Waals surface area contributed by atoms with Gasteiger partial charge in [0.05, 0.1) is 5.69 Å². The van der Waals surface area contributed by atoms with Crippen molar-refractivity contribution in [3.05, 3.63) is 22.7 Å². The molecule has 0 aliphatic carbocycles. The summed E-state index contributed by atoms with van der Waals surface area (Å²) >= 11 is 3.25. The number of nitrogens with one attached hydrogen (secondary N) is 1. The van der Waals surface area contributed by atoms with Crippen molar-refractivity contribution in [2.75, 3.05) is 25.1 Å². The molecule has 1 aromatic rings. The van der Waals surface area contributed by atoms with Gasteiger partial charge in [-0.2, -0.15) is 0 Å². The predicted octanol–water partition coefficient (Wildman–Crippen LogP) is 4.19. The quantitative estimate of drug-likeness (QED) is 0.880. The Morgan fingerprint density at radius 1 is 1.30 bits per heavy atom. The van der Waals surface area contributed by atoms with Gasteiger partial charge >= 0.3 is 6.36 Å². The lowest BCUT2D eigenvalue weighted by atomic mass is 10.0. The maximum absolute atomic E-state index is 12.3. The number of hydrogen-bond acceptors (Lipinski definition) is 3. The molecule has 0 bridgehead atoms. The molecule has 0 spiro atoms. The fraction of sp³-hybridized carbons (Fsp3) is 0.538. The summed E-state index contributed by atoms with van der Waals surface area (Å²) in [5.74, 6) is 0.189. The van der Waals surface area contributed by atoms with E-state index in [9.17, 15) is 13.2 Å². The molecule has 0 radical (unpaired) electrons. The van der Waals surface area contributed by atoms with E-state index >= 15 is 0 Å². The van der Waals surface area contributed by atoms with Crippen LogP contribution in [0, 0.1) is 5.92 Å².